The molecule has 0 N–H and O–H groups in total. The van der Waals surface area contributed by atoms with Crippen molar-refractivity contribution in [1.82, 2.24) is 9.59 Å². The second kappa shape index (κ2) is 9.21. The Bertz CT molecular complexity index is 1540. The summed E-state index contributed by atoms with van der Waals surface area (Å²) in [4.78, 5) is 19.6. The van der Waals surface area contributed by atoms with Gasteiger partial charge in [-0.15, -0.1) is 0 Å². The first-order valence-corrected chi connectivity index (χ1v) is 13.8. The van der Waals surface area contributed by atoms with Crippen molar-refractivity contribution in [3.05, 3.63) is 88.5 Å². The number of morpholine rings is 1. The molecule has 38 heavy (non-hydrogen) atoms. The van der Waals surface area contributed by atoms with Crippen LogP contribution >= 0.6 is 0 Å². The predicted molar refractivity (Wildman–Crippen MR) is 142 cm³/mol. The van der Waals surface area contributed by atoms with Crippen molar-refractivity contribution >= 4 is 33.1 Å². The van der Waals surface area contributed by atoms with Gasteiger partial charge < -0.3 is 4.74 Å². The molecule has 0 spiro atoms. The Balaban J connectivity index is 1.32. The lowest BCUT2D eigenvalue weighted by molar-refractivity contribution is -0.135. The third kappa shape index (κ3) is 3.86. The lowest BCUT2D eigenvalue weighted by atomic mass is 9.98. The number of carbonyl (C=O) groups is 1. The highest BCUT2D eigenvalue weighted by molar-refractivity contribution is 7.89. The van der Waals surface area contributed by atoms with E-state index in [9.17, 15) is 13.2 Å². The minimum Gasteiger partial charge on any atom is -0.379 e. The van der Waals surface area contributed by atoms with Gasteiger partial charge in [0, 0.05) is 24.2 Å². The molecular weight excluding hydrogens is 506 g/mol. The third-order valence-electron chi connectivity index (χ3n) is 6.88. The quantitative estimate of drug-likeness (QED) is 0.506. The van der Waals surface area contributed by atoms with E-state index in [-0.39, 0.29) is 10.8 Å². The molecule has 3 aliphatic rings. The standard InChI is InChI=1S/C27H27N5O5S/c1-18-16-19(2)25(20(3)17-18)26-28-37-32-30(26)23-6-4-5-7-24(23)31(32)27(33)21-8-10-22(11-9-21)38(34,35)29-12-14-36-15-13-29/h4-11,16-17H,12-15H2,1-3H3. The van der Waals surface area contributed by atoms with E-state index in [0.717, 1.165) is 27.9 Å². The molecule has 1 amide bonds. The molecular formula is C27H27N5O5S. The van der Waals surface area contributed by atoms with Crippen molar-refractivity contribution in [1.29, 1.82) is 0 Å². The van der Waals surface area contributed by atoms with E-state index < -0.39 is 10.0 Å². The van der Waals surface area contributed by atoms with Crippen LogP contribution in [0.25, 0.3) is 0 Å². The van der Waals surface area contributed by atoms with Gasteiger partial charge in [0.2, 0.25) is 15.9 Å². The summed E-state index contributed by atoms with van der Waals surface area (Å²) in [6, 6.07) is 17.6. The van der Waals surface area contributed by atoms with E-state index >= 15 is 0 Å². The summed E-state index contributed by atoms with van der Waals surface area (Å²) in [6.07, 6.45) is 0. The summed E-state index contributed by atoms with van der Waals surface area (Å²) in [5, 5.41) is 8.85. The molecule has 3 aliphatic heterocycles. The SMILES string of the molecule is Cc1cc(C)c(C2=NON3N(C(=O)c4ccc(S(=O)(=O)N5CCOCC5)cc4)c4ccccc4N23)c(C)c1. The van der Waals surface area contributed by atoms with E-state index in [2.05, 4.69) is 17.3 Å². The largest absolute Gasteiger partial charge is 0.379 e. The van der Waals surface area contributed by atoms with Crippen molar-refractivity contribution in [2.45, 2.75) is 25.7 Å². The van der Waals surface area contributed by atoms with Crippen molar-refractivity contribution in [2.75, 3.05) is 36.3 Å². The van der Waals surface area contributed by atoms with Gasteiger partial charge >= 0.3 is 0 Å². The van der Waals surface area contributed by atoms with Gasteiger partial charge in [0.1, 0.15) is 0 Å². The molecule has 3 aromatic rings. The molecule has 0 saturated carbocycles. The first-order valence-electron chi connectivity index (χ1n) is 12.3. The van der Waals surface area contributed by atoms with Crippen LogP contribution in [0, 0.1) is 20.8 Å². The number of amidine groups is 1. The number of carbonyl (C=O) groups excluding carboxylic acids is 1. The van der Waals surface area contributed by atoms with Gasteiger partial charge in [0.25, 0.3) is 5.91 Å². The maximum absolute atomic E-state index is 13.8. The third-order valence-corrected chi connectivity index (χ3v) is 8.80. The van der Waals surface area contributed by atoms with Crippen molar-refractivity contribution in [2.24, 2.45) is 5.16 Å². The van der Waals surface area contributed by atoms with E-state index in [1.807, 2.05) is 45.0 Å². The number of hydrogen-bond donors (Lipinski definition) is 0. The average molecular weight is 534 g/mol. The number of oxime groups is 1. The number of hydrazine groups is 2. The van der Waals surface area contributed by atoms with Crippen LogP contribution in [0.1, 0.15) is 32.6 Å². The Morgan fingerprint density at radius 1 is 0.895 bits per heavy atom. The molecule has 0 unspecified atom stereocenters. The molecule has 0 aliphatic carbocycles. The zero-order valence-electron chi connectivity index (χ0n) is 21.3. The Morgan fingerprint density at radius 3 is 2.18 bits per heavy atom. The molecule has 11 heteroatoms. The number of benzene rings is 3. The van der Waals surface area contributed by atoms with Crippen LogP contribution in [0.4, 0.5) is 11.4 Å². The number of sulfonamides is 1. The number of ether oxygens (including phenoxy) is 1. The second-order valence-corrected chi connectivity index (χ2v) is 11.4. The highest BCUT2D eigenvalue weighted by Gasteiger charge is 2.47. The molecule has 3 aromatic carbocycles. The molecule has 10 nitrogen and oxygen atoms in total. The van der Waals surface area contributed by atoms with Crippen LogP contribution in [0.2, 0.25) is 0 Å². The van der Waals surface area contributed by atoms with Crippen LogP contribution < -0.4 is 10.0 Å². The molecule has 3 heterocycles. The summed E-state index contributed by atoms with van der Waals surface area (Å²) in [6.45, 7) is 7.43. The van der Waals surface area contributed by atoms with E-state index in [1.165, 1.54) is 38.9 Å². The normalized spacial score (nSPS) is 17.7. The van der Waals surface area contributed by atoms with Crippen LogP contribution in [0.15, 0.2) is 70.7 Å². The summed E-state index contributed by atoms with van der Waals surface area (Å²) in [5.41, 5.74) is 5.84. The number of fused-ring (bicyclic) bond motifs is 3. The molecule has 1 saturated heterocycles. The van der Waals surface area contributed by atoms with Gasteiger partial charge in [-0.25, -0.2) is 8.42 Å². The van der Waals surface area contributed by atoms with Crippen molar-refractivity contribution < 1.29 is 22.9 Å². The summed E-state index contributed by atoms with van der Waals surface area (Å²) in [7, 11) is -3.67. The summed E-state index contributed by atoms with van der Waals surface area (Å²) < 4.78 is 32.7. The van der Waals surface area contributed by atoms with Crippen LogP contribution in [0.3, 0.4) is 0 Å². The number of nitrogens with zero attached hydrogens (tertiary/aromatic N) is 5. The fourth-order valence-electron chi connectivity index (χ4n) is 5.18. The zero-order valence-corrected chi connectivity index (χ0v) is 22.1. The Hall–Kier alpha value is -3.77. The van der Waals surface area contributed by atoms with Gasteiger partial charge in [-0.3, -0.25) is 9.73 Å². The van der Waals surface area contributed by atoms with Gasteiger partial charge in [-0.1, -0.05) is 29.8 Å². The monoisotopic (exact) mass is 533 g/mol. The van der Waals surface area contributed by atoms with E-state index in [1.54, 1.807) is 5.01 Å². The smallest absolute Gasteiger partial charge is 0.277 e. The highest BCUT2D eigenvalue weighted by atomic mass is 32.2. The van der Waals surface area contributed by atoms with Gasteiger partial charge in [-0.2, -0.15) is 14.3 Å². The zero-order chi connectivity index (χ0) is 26.6. The first-order chi connectivity index (χ1) is 18.3. The molecule has 1 fully saturated rings. The Morgan fingerprint density at radius 2 is 1.53 bits per heavy atom. The fraction of sp³-hybridized carbons (Fsp3) is 0.259. The predicted octanol–water partition coefficient (Wildman–Crippen LogP) is 3.54. The fourth-order valence-corrected chi connectivity index (χ4v) is 6.59. The number of anilines is 2. The van der Waals surface area contributed by atoms with Crippen molar-refractivity contribution in [3.63, 3.8) is 0 Å². The van der Waals surface area contributed by atoms with Crippen LogP contribution in [-0.2, 0) is 19.7 Å². The Kier molecular flexibility index (Phi) is 5.95. The molecule has 0 atom stereocenters. The second-order valence-electron chi connectivity index (χ2n) is 9.48. The molecule has 0 radical (unpaired) electrons. The van der Waals surface area contributed by atoms with E-state index in [0.29, 0.717) is 43.4 Å². The van der Waals surface area contributed by atoms with Gasteiger partial charge in [0.15, 0.2) is 0 Å². The van der Waals surface area contributed by atoms with Crippen LogP contribution in [0.5, 0.6) is 0 Å². The van der Waals surface area contributed by atoms with Crippen LogP contribution in [-0.4, -0.2) is 56.1 Å². The number of para-hydroxylation sites is 2. The highest BCUT2D eigenvalue weighted by Crippen LogP contribution is 2.43. The lowest BCUT2D eigenvalue weighted by Crippen LogP contribution is -2.49. The van der Waals surface area contributed by atoms with Gasteiger partial charge in [-0.05, 0) is 73.5 Å². The Labute approximate surface area is 221 Å². The minimum absolute atomic E-state index is 0.132. The molecule has 0 aromatic heterocycles. The average Bonchev–Trinajstić information content (AvgIpc) is 3.47. The summed E-state index contributed by atoms with van der Waals surface area (Å²) >= 11 is 0. The first kappa shape index (κ1) is 24.6. The topological polar surface area (TPSA) is 95.0 Å². The maximum Gasteiger partial charge on any atom is 0.277 e. The summed E-state index contributed by atoms with van der Waals surface area (Å²) in [5.74, 6) is 0.193. The lowest BCUT2D eigenvalue weighted by Gasteiger charge is -2.26. The molecule has 6 rings (SSSR count). The number of hydrogen-bond acceptors (Lipinski definition) is 8. The number of amides is 1. The number of aryl methyl sites for hydroxylation is 3. The minimum atomic E-state index is -3.67. The molecule has 0 bridgehead atoms. The maximum atomic E-state index is 13.8. The van der Waals surface area contributed by atoms with Crippen molar-refractivity contribution in [3.8, 4) is 0 Å². The van der Waals surface area contributed by atoms with E-state index in [4.69, 9.17) is 9.68 Å². The molecule has 196 valence electrons. The van der Waals surface area contributed by atoms with Gasteiger partial charge in [0.05, 0.1) is 34.8 Å². The number of rotatable bonds is 4.